The van der Waals surface area contributed by atoms with Crippen molar-refractivity contribution >= 4 is 5.84 Å². The zero-order valence-electron chi connectivity index (χ0n) is 9.42. The summed E-state index contributed by atoms with van der Waals surface area (Å²) in [5.41, 5.74) is 6.49. The molecule has 1 atom stereocenters. The Morgan fingerprint density at radius 3 is 2.29 bits per heavy atom. The maximum absolute atomic E-state index is 6.06. The molecule has 0 aromatic rings. The Morgan fingerprint density at radius 2 is 1.79 bits per heavy atom. The summed E-state index contributed by atoms with van der Waals surface area (Å²) in [5, 5.41) is 0. The molecule has 2 fully saturated rings. The summed E-state index contributed by atoms with van der Waals surface area (Å²) < 4.78 is 0. The second-order valence-electron chi connectivity index (χ2n) is 5.60. The van der Waals surface area contributed by atoms with Gasteiger partial charge in [-0.25, -0.2) is 0 Å². The van der Waals surface area contributed by atoms with E-state index in [1.807, 2.05) is 0 Å². The van der Waals surface area contributed by atoms with Crippen molar-refractivity contribution in [1.82, 2.24) is 0 Å². The number of amidine groups is 1. The van der Waals surface area contributed by atoms with Crippen LogP contribution >= 0.6 is 0 Å². The number of hydrogen-bond donors (Lipinski definition) is 1. The van der Waals surface area contributed by atoms with Gasteiger partial charge in [0, 0.05) is 5.92 Å². The molecule has 1 unspecified atom stereocenters. The molecule has 2 heteroatoms. The van der Waals surface area contributed by atoms with Crippen LogP contribution in [0.2, 0.25) is 0 Å². The predicted molar refractivity (Wildman–Crippen MR) is 60.4 cm³/mol. The summed E-state index contributed by atoms with van der Waals surface area (Å²) in [5.74, 6) is 1.54. The van der Waals surface area contributed by atoms with Gasteiger partial charge in [-0.05, 0) is 24.7 Å². The van der Waals surface area contributed by atoms with Gasteiger partial charge in [0.2, 0.25) is 0 Å². The van der Waals surface area contributed by atoms with Crippen LogP contribution in [0.15, 0.2) is 4.99 Å². The van der Waals surface area contributed by atoms with Crippen LogP contribution in [-0.2, 0) is 0 Å². The molecule has 0 bridgehead atoms. The number of aliphatic imine (C=N–C) groups is 1. The van der Waals surface area contributed by atoms with Crippen molar-refractivity contribution in [2.24, 2.45) is 22.1 Å². The molecule has 0 spiro atoms. The molecular weight excluding hydrogens is 172 g/mol. The largest absolute Gasteiger partial charge is 0.387 e. The quantitative estimate of drug-likeness (QED) is 0.532. The average molecular weight is 194 g/mol. The summed E-state index contributed by atoms with van der Waals surface area (Å²) in [6, 6.07) is 0.518. The minimum atomic E-state index is 0.430. The summed E-state index contributed by atoms with van der Waals surface area (Å²) >= 11 is 0. The van der Waals surface area contributed by atoms with E-state index < -0.39 is 0 Å². The molecule has 2 aliphatic carbocycles. The Hall–Kier alpha value is -0.530. The lowest BCUT2D eigenvalue weighted by Crippen LogP contribution is -2.26. The molecule has 2 rings (SSSR count). The maximum atomic E-state index is 6.06. The molecule has 80 valence electrons. The fourth-order valence-electron chi connectivity index (χ4n) is 2.34. The second-order valence-corrected chi connectivity index (χ2v) is 5.60. The summed E-state index contributed by atoms with van der Waals surface area (Å²) in [7, 11) is 0. The monoisotopic (exact) mass is 194 g/mol. The van der Waals surface area contributed by atoms with E-state index in [2.05, 4.69) is 18.8 Å². The van der Waals surface area contributed by atoms with E-state index in [0.717, 1.165) is 5.84 Å². The lowest BCUT2D eigenvalue weighted by molar-refractivity contribution is 0.435. The van der Waals surface area contributed by atoms with E-state index in [9.17, 15) is 0 Å². The Bertz CT molecular complexity index is 237. The number of nitrogens with zero attached hydrogens (tertiary/aromatic N) is 1. The third-order valence-electron chi connectivity index (χ3n) is 3.79. The van der Waals surface area contributed by atoms with Crippen molar-refractivity contribution in [3.63, 3.8) is 0 Å². The van der Waals surface area contributed by atoms with Crippen LogP contribution in [0, 0.1) is 11.3 Å². The maximum Gasteiger partial charge on any atom is 0.0972 e. The zero-order chi connectivity index (χ0) is 10.2. The van der Waals surface area contributed by atoms with Crippen LogP contribution in [0.1, 0.15) is 52.4 Å². The lowest BCUT2D eigenvalue weighted by atomic mass is 9.88. The Morgan fingerprint density at radius 1 is 1.21 bits per heavy atom. The minimum Gasteiger partial charge on any atom is -0.387 e. The fourth-order valence-corrected chi connectivity index (χ4v) is 2.34. The second kappa shape index (κ2) is 3.56. The van der Waals surface area contributed by atoms with E-state index >= 15 is 0 Å². The van der Waals surface area contributed by atoms with Gasteiger partial charge >= 0.3 is 0 Å². The van der Waals surface area contributed by atoms with Crippen molar-refractivity contribution in [3.05, 3.63) is 0 Å². The van der Waals surface area contributed by atoms with Crippen molar-refractivity contribution in [1.29, 1.82) is 0 Å². The van der Waals surface area contributed by atoms with Crippen molar-refractivity contribution in [2.75, 3.05) is 0 Å². The van der Waals surface area contributed by atoms with Crippen LogP contribution < -0.4 is 5.73 Å². The first-order valence-corrected chi connectivity index (χ1v) is 5.93. The van der Waals surface area contributed by atoms with E-state index in [0.29, 0.717) is 17.4 Å². The van der Waals surface area contributed by atoms with E-state index in [4.69, 9.17) is 5.73 Å². The Labute approximate surface area is 87.0 Å². The molecule has 2 nitrogen and oxygen atoms in total. The molecule has 0 aliphatic heterocycles. The van der Waals surface area contributed by atoms with Crippen LogP contribution in [0.5, 0.6) is 0 Å². The highest BCUT2D eigenvalue weighted by Crippen LogP contribution is 2.47. The molecule has 2 saturated carbocycles. The number of hydrogen-bond acceptors (Lipinski definition) is 1. The van der Waals surface area contributed by atoms with Gasteiger partial charge in [-0.2, -0.15) is 0 Å². The summed E-state index contributed by atoms with van der Waals surface area (Å²) in [6.45, 7) is 4.55. The van der Waals surface area contributed by atoms with Gasteiger partial charge in [-0.3, -0.25) is 4.99 Å². The number of nitrogens with two attached hydrogens (primary N) is 1. The predicted octanol–water partition coefficient (Wildman–Crippen LogP) is 2.72. The first-order valence-electron chi connectivity index (χ1n) is 5.93. The lowest BCUT2D eigenvalue weighted by Gasteiger charge is -2.21. The fraction of sp³-hybridized carbons (Fsp3) is 0.917. The van der Waals surface area contributed by atoms with Crippen molar-refractivity contribution < 1.29 is 0 Å². The van der Waals surface area contributed by atoms with Gasteiger partial charge < -0.3 is 5.73 Å². The standard InChI is InChI=1S/C12H22N2/c1-12(2)8-10(12)14-11(13)9-6-4-3-5-7-9/h9-10H,3-8H2,1-2H3,(H2,13,14). The topological polar surface area (TPSA) is 38.4 Å². The SMILES string of the molecule is CC1(C)CC1N=C(N)C1CCCCC1. The molecule has 0 heterocycles. The number of rotatable bonds is 2. The Balaban J connectivity index is 1.90. The molecule has 2 N–H and O–H groups in total. The van der Waals surface area contributed by atoms with Crippen LogP contribution in [0.25, 0.3) is 0 Å². The summed E-state index contributed by atoms with van der Waals surface area (Å²) in [4.78, 5) is 4.66. The first kappa shape index (κ1) is 10.0. The molecule has 0 aromatic heterocycles. The molecule has 0 saturated heterocycles. The van der Waals surface area contributed by atoms with E-state index in [1.54, 1.807) is 0 Å². The average Bonchev–Trinajstić information content (AvgIpc) is 2.75. The van der Waals surface area contributed by atoms with Crippen LogP contribution in [0.4, 0.5) is 0 Å². The third-order valence-corrected chi connectivity index (χ3v) is 3.79. The summed E-state index contributed by atoms with van der Waals surface area (Å²) in [6.07, 6.45) is 7.83. The van der Waals surface area contributed by atoms with Gasteiger partial charge in [0.1, 0.15) is 0 Å². The molecule has 14 heavy (non-hydrogen) atoms. The smallest absolute Gasteiger partial charge is 0.0972 e. The first-order chi connectivity index (χ1) is 6.59. The molecule has 0 radical (unpaired) electrons. The zero-order valence-corrected chi connectivity index (χ0v) is 9.42. The van der Waals surface area contributed by atoms with Crippen LogP contribution in [-0.4, -0.2) is 11.9 Å². The van der Waals surface area contributed by atoms with E-state index in [-0.39, 0.29) is 0 Å². The molecule has 0 amide bonds. The van der Waals surface area contributed by atoms with Gasteiger partial charge in [-0.15, -0.1) is 0 Å². The highest BCUT2D eigenvalue weighted by molar-refractivity contribution is 5.83. The molecular formula is C12H22N2. The highest BCUT2D eigenvalue weighted by Gasteiger charge is 2.46. The van der Waals surface area contributed by atoms with Gasteiger partial charge in [0.25, 0.3) is 0 Å². The van der Waals surface area contributed by atoms with Gasteiger partial charge in [0.15, 0.2) is 0 Å². The Kier molecular flexibility index (Phi) is 2.54. The normalized spacial score (nSPS) is 33.0. The highest BCUT2D eigenvalue weighted by atomic mass is 15.0. The third kappa shape index (κ3) is 2.10. The minimum absolute atomic E-state index is 0.430. The van der Waals surface area contributed by atoms with Gasteiger partial charge in [-0.1, -0.05) is 33.1 Å². The van der Waals surface area contributed by atoms with Gasteiger partial charge in [0.05, 0.1) is 11.9 Å². The van der Waals surface area contributed by atoms with E-state index in [1.165, 1.54) is 38.5 Å². The molecule has 2 aliphatic rings. The van der Waals surface area contributed by atoms with Crippen molar-refractivity contribution in [2.45, 2.75) is 58.4 Å². The van der Waals surface area contributed by atoms with Crippen molar-refractivity contribution in [3.8, 4) is 0 Å². The molecule has 0 aromatic carbocycles. The van der Waals surface area contributed by atoms with Crippen LogP contribution in [0.3, 0.4) is 0 Å².